The predicted octanol–water partition coefficient (Wildman–Crippen LogP) is 4.30. The molecule has 0 bridgehead atoms. The molecule has 0 saturated heterocycles. The summed E-state index contributed by atoms with van der Waals surface area (Å²) in [6.07, 6.45) is 8.29. The number of allylic oxidation sites excluding steroid dienone is 3. The summed E-state index contributed by atoms with van der Waals surface area (Å²) >= 11 is 0. The maximum absolute atomic E-state index is 11.4. The minimum absolute atomic E-state index is 0.155. The van der Waals surface area contributed by atoms with Crippen LogP contribution in [0.15, 0.2) is 46.9 Å². The molecule has 0 radical (unpaired) electrons. The summed E-state index contributed by atoms with van der Waals surface area (Å²) in [5.41, 5.74) is 2.55. The molecule has 9 heteroatoms. The number of nitrogens with zero attached hydrogens (tertiary/aromatic N) is 3. The normalized spacial score (nSPS) is 24.6. The van der Waals surface area contributed by atoms with E-state index < -0.39 is 17.7 Å². The number of anilines is 2. The van der Waals surface area contributed by atoms with E-state index in [1.165, 1.54) is 5.56 Å². The van der Waals surface area contributed by atoms with Crippen LogP contribution < -0.4 is 10.6 Å². The molecule has 2 heterocycles. The number of benzene rings is 1. The second kappa shape index (κ2) is 10.7. The number of rotatable bonds is 7. The first-order valence-electron chi connectivity index (χ1n) is 13.1. The van der Waals surface area contributed by atoms with Gasteiger partial charge in [0.15, 0.2) is 11.5 Å². The van der Waals surface area contributed by atoms with Crippen molar-refractivity contribution in [3.05, 3.63) is 70.8 Å². The smallest absolute Gasteiger partial charge is 0.232 e. The van der Waals surface area contributed by atoms with Gasteiger partial charge in [-0.25, -0.2) is 9.97 Å². The summed E-state index contributed by atoms with van der Waals surface area (Å²) in [5, 5.41) is 38.1. The minimum atomic E-state index is -1.67. The van der Waals surface area contributed by atoms with Gasteiger partial charge in [-0.05, 0) is 44.7 Å². The third kappa shape index (κ3) is 5.22. The van der Waals surface area contributed by atoms with Gasteiger partial charge in [0.05, 0.1) is 11.4 Å². The summed E-state index contributed by atoms with van der Waals surface area (Å²) < 4.78 is 6.21. The van der Waals surface area contributed by atoms with Crippen LogP contribution in [-0.4, -0.2) is 48.7 Å². The molecular weight excluding hydrogens is 482 g/mol. The van der Waals surface area contributed by atoms with Crippen LogP contribution in [-0.2, 0) is 6.54 Å². The first kappa shape index (κ1) is 26.1. The molecule has 4 atom stereocenters. The van der Waals surface area contributed by atoms with E-state index in [-0.39, 0.29) is 18.9 Å². The number of nitrogens with one attached hydrogen (secondary N) is 2. The highest BCUT2D eigenvalue weighted by molar-refractivity contribution is 5.74. The van der Waals surface area contributed by atoms with E-state index >= 15 is 0 Å². The molecule has 3 aromatic rings. The minimum Gasteiger partial charge on any atom is -0.436 e. The van der Waals surface area contributed by atoms with Gasteiger partial charge >= 0.3 is 0 Å². The first-order valence-corrected chi connectivity index (χ1v) is 13.1. The van der Waals surface area contributed by atoms with Gasteiger partial charge in [-0.1, -0.05) is 55.0 Å². The molecule has 0 aliphatic heterocycles. The van der Waals surface area contributed by atoms with Crippen LogP contribution in [0, 0.1) is 19.8 Å². The zero-order valence-corrected chi connectivity index (χ0v) is 22.0. The van der Waals surface area contributed by atoms with Crippen molar-refractivity contribution in [3.63, 3.8) is 0 Å². The molecule has 5 N–H and O–H groups in total. The van der Waals surface area contributed by atoms with Crippen molar-refractivity contribution in [1.82, 2.24) is 15.0 Å². The fourth-order valence-corrected chi connectivity index (χ4v) is 5.06. The largest absolute Gasteiger partial charge is 0.436 e. The molecule has 5 rings (SSSR count). The van der Waals surface area contributed by atoms with E-state index in [9.17, 15) is 15.3 Å². The fraction of sp³-hybridized carbons (Fsp3) is 0.414. The van der Waals surface area contributed by atoms with Crippen LogP contribution in [0.4, 0.5) is 11.8 Å². The van der Waals surface area contributed by atoms with Crippen LogP contribution in [0.5, 0.6) is 0 Å². The lowest BCUT2D eigenvalue weighted by Crippen LogP contribution is -2.48. The quantitative estimate of drug-likeness (QED) is 0.291. The van der Waals surface area contributed by atoms with Crippen molar-refractivity contribution < 1.29 is 19.7 Å². The zero-order valence-electron chi connectivity index (χ0n) is 22.0. The Labute approximate surface area is 222 Å². The van der Waals surface area contributed by atoms with E-state index in [4.69, 9.17) is 14.4 Å². The maximum atomic E-state index is 11.4. The van der Waals surface area contributed by atoms with E-state index in [2.05, 4.69) is 28.6 Å². The van der Waals surface area contributed by atoms with Crippen molar-refractivity contribution >= 4 is 17.8 Å². The highest BCUT2D eigenvalue weighted by Gasteiger charge is 2.47. The number of aromatic nitrogens is 3. The highest BCUT2D eigenvalue weighted by Crippen LogP contribution is 2.40. The second-order valence-electron chi connectivity index (χ2n) is 10.4. The van der Waals surface area contributed by atoms with Crippen LogP contribution in [0.3, 0.4) is 0 Å². The summed E-state index contributed by atoms with van der Waals surface area (Å²) in [6, 6.07) is 8.18. The molecular formula is C29H35N5O4. The van der Waals surface area contributed by atoms with Gasteiger partial charge in [-0.15, -0.1) is 0 Å². The number of hydrogen-bond donors (Lipinski definition) is 5. The molecule has 1 fully saturated rings. The topological polar surface area (TPSA) is 137 Å². The lowest BCUT2D eigenvalue weighted by atomic mass is 10.0. The molecule has 2 aromatic heterocycles. The molecule has 2 aliphatic carbocycles. The molecule has 4 unspecified atom stereocenters. The third-order valence-electron chi connectivity index (χ3n) is 7.41. The van der Waals surface area contributed by atoms with E-state index in [0.717, 1.165) is 17.7 Å². The number of aryl methyl sites for hydroxylation is 2. The van der Waals surface area contributed by atoms with Crippen molar-refractivity contribution in [1.29, 1.82) is 0 Å². The van der Waals surface area contributed by atoms with Gasteiger partial charge in [0, 0.05) is 25.0 Å². The van der Waals surface area contributed by atoms with Gasteiger partial charge in [0.1, 0.15) is 17.5 Å². The average Bonchev–Trinajstić information content (AvgIpc) is 3.42. The zero-order chi connectivity index (χ0) is 26.9. The number of fused-ring (bicyclic) bond motifs is 1. The SMILES string of the molecule is Cc1ccc(CNc2nc(C)c(-c3nc4c(o3)C=CC=CCC4C)c(NC3(O)CCC(CO)C3O)n2)cc1. The molecule has 0 spiro atoms. The molecule has 2 aliphatic rings. The van der Waals surface area contributed by atoms with Crippen LogP contribution in [0.2, 0.25) is 0 Å². The van der Waals surface area contributed by atoms with Crippen molar-refractivity contribution in [2.75, 3.05) is 17.2 Å². The highest BCUT2D eigenvalue weighted by atomic mass is 16.4. The summed E-state index contributed by atoms with van der Waals surface area (Å²) in [7, 11) is 0. The van der Waals surface area contributed by atoms with E-state index in [0.29, 0.717) is 47.6 Å². The molecule has 1 saturated carbocycles. The van der Waals surface area contributed by atoms with Gasteiger partial charge in [-0.2, -0.15) is 4.98 Å². The number of oxazole rings is 1. The van der Waals surface area contributed by atoms with Gasteiger partial charge in [-0.3, -0.25) is 0 Å². The standard InChI is InChI=1S/C29H35N5O4/c1-17-9-11-20(12-10-17)15-30-28-31-19(3)23(26(33-28)34-29(37)14-13-21(16-35)25(29)36)27-32-24-18(2)7-5-4-6-8-22(24)38-27/h4-6,8-12,18,21,25,35-37H,7,13-16H2,1-3H3,(H2,30,31,33,34). The fourth-order valence-electron chi connectivity index (χ4n) is 5.06. The number of aliphatic hydroxyl groups is 3. The van der Waals surface area contributed by atoms with Crippen molar-refractivity contribution in [2.45, 2.75) is 64.3 Å². The van der Waals surface area contributed by atoms with Gasteiger partial charge < -0.3 is 30.4 Å². The van der Waals surface area contributed by atoms with E-state index in [1.54, 1.807) is 0 Å². The summed E-state index contributed by atoms with van der Waals surface area (Å²) in [6.45, 7) is 6.28. The Bertz CT molecular complexity index is 1350. The van der Waals surface area contributed by atoms with Gasteiger partial charge in [0.25, 0.3) is 0 Å². The van der Waals surface area contributed by atoms with Crippen LogP contribution in [0.25, 0.3) is 17.5 Å². The predicted molar refractivity (Wildman–Crippen MR) is 146 cm³/mol. The number of hydrogen-bond acceptors (Lipinski definition) is 9. The molecule has 38 heavy (non-hydrogen) atoms. The Morgan fingerprint density at radius 1 is 1.11 bits per heavy atom. The molecule has 0 amide bonds. The Balaban J connectivity index is 1.53. The Morgan fingerprint density at radius 3 is 2.63 bits per heavy atom. The number of aliphatic hydroxyl groups excluding tert-OH is 2. The third-order valence-corrected chi connectivity index (χ3v) is 7.41. The first-order chi connectivity index (χ1) is 18.3. The van der Waals surface area contributed by atoms with Crippen molar-refractivity contribution in [2.24, 2.45) is 5.92 Å². The Kier molecular flexibility index (Phi) is 7.34. The van der Waals surface area contributed by atoms with Crippen LogP contribution in [0.1, 0.15) is 60.4 Å². The van der Waals surface area contributed by atoms with Gasteiger partial charge in [0.2, 0.25) is 11.8 Å². The summed E-state index contributed by atoms with van der Waals surface area (Å²) in [4.78, 5) is 14.2. The Morgan fingerprint density at radius 2 is 1.89 bits per heavy atom. The lowest BCUT2D eigenvalue weighted by molar-refractivity contribution is -0.0545. The second-order valence-corrected chi connectivity index (χ2v) is 10.4. The lowest BCUT2D eigenvalue weighted by Gasteiger charge is -2.30. The van der Waals surface area contributed by atoms with Crippen LogP contribution >= 0.6 is 0 Å². The maximum Gasteiger partial charge on any atom is 0.232 e. The molecule has 200 valence electrons. The monoisotopic (exact) mass is 517 g/mol. The van der Waals surface area contributed by atoms with Crippen molar-refractivity contribution in [3.8, 4) is 11.5 Å². The average molecular weight is 518 g/mol. The molecule has 1 aromatic carbocycles. The molecule has 9 nitrogen and oxygen atoms in total. The van der Waals surface area contributed by atoms with E-state index in [1.807, 2.05) is 56.3 Å². The Hall–Kier alpha value is -3.53. The summed E-state index contributed by atoms with van der Waals surface area (Å²) in [5.74, 6) is 1.40.